The van der Waals surface area contributed by atoms with Gasteiger partial charge in [-0.25, -0.2) is 0 Å². The highest BCUT2D eigenvalue weighted by Gasteiger charge is 2.19. The predicted molar refractivity (Wildman–Crippen MR) is 200 cm³/mol. The van der Waals surface area contributed by atoms with Crippen LogP contribution in [0.2, 0.25) is 0 Å². The van der Waals surface area contributed by atoms with Crippen molar-refractivity contribution >= 4 is 11.6 Å². The van der Waals surface area contributed by atoms with Gasteiger partial charge in [-0.05, 0) is 70.3 Å². The molecule has 0 aromatic carbocycles. The standard InChI is InChI=1S/C42H78NO2/c1-6-8-10-12-14-16-18-20-22-24-26-28-30-32-34-36-41(44)38-40(39-43(3,4)5)42(45)37-35-33-31-29-27-25-23-21-19-17-15-13-11-9-7-2/h20-23,38H,6-19,24-37,39H2,1-5H3/q+1/b22-20-,23-21-,40-38?. The number of nitrogens with zero attached hydrogens (tertiary/aromatic N) is 1. The summed E-state index contributed by atoms with van der Waals surface area (Å²) in [6, 6.07) is 0. The van der Waals surface area contributed by atoms with E-state index >= 15 is 0 Å². The molecule has 0 unspecified atom stereocenters. The number of hydrogen-bond donors (Lipinski definition) is 0. The Morgan fingerprint density at radius 1 is 0.444 bits per heavy atom. The van der Waals surface area contributed by atoms with E-state index in [2.05, 4.69) is 59.3 Å². The summed E-state index contributed by atoms with van der Waals surface area (Å²) < 4.78 is 0.671. The highest BCUT2D eigenvalue weighted by molar-refractivity contribution is 6.02. The number of carbonyl (C=O) groups is 2. The maximum absolute atomic E-state index is 13.1. The fourth-order valence-corrected chi connectivity index (χ4v) is 5.88. The number of carbonyl (C=O) groups excluding carboxylic acids is 2. The first-order valence-electron chi connectivity index (χ1n) is 19.7. The largest absolute Gasteiger partial charge is 0.327 e. The van der Waals surface area contributed by atoms with Gasteiger partial charge in [0, 0.05) is 12.8 Å². The first-order valence-corrected chi connectivity index (χ1v) is 19.7. The Hall–Kier alpha value is -1.48. The molecule has 262 valence electrons. The average Bonchev–Trinajstić information content (AvgIpc) is 3.00. The first kappa shape index (κ1) is 43.5. The lowest BCUT2D eigenvalue weighted by atomic mass is 10.00. The molecule has 0 heterocycles. The number of quaternary nitrogens is 1. The molecule has 0 aliphatic heterocycles. The number of ketones is 2. The Labute approximate surface area is 282 Å². The summed E-state index contributed by atoms with van der Waals surface area (Å²) in [5, 5.41) is 0. The van der Waals surface area contributed by atoms with E-state index in [4.69, 9.17) is 0 Å². The minimum Gasteiger partial charge on any atom is -0.327 e. The lowest BCUT2D eigenvalue weighted by Gasteiger charge is -2.25. The normalized spacial score (nSPS) is 12.6. The molecule has 0 aromatic rings. The van der Waals surface area contributed by atoms with E-state index in [0.717, 1.165) is 31.3 Å². The zero-order valence-corrected chi connectivity index (χ0v) is 31.2. The van der Waals surface area contributed by atoms with Gasteiger partial charge in [0.15, 0.2) is 11.6 Å². The molecular weight excluding hydrogens is 550 g/mol. The van der Waals surface area contributed by atoms with Crippen molar-refractivity contribution in [2.45, 2.75) is 194 Å². The molecule has 0 bridgehead atoms. The Kier molecular flexibility index (Phi) is 31.4. The molecule has 0 spiro atoms. The number of allylic oxidation sites excluding steroid dienone is 5. The molecule has 0 amide bonds. The van der Waals surface area contributed by atoms with E-state index in [1.54, 1.807) is 6.08 Å². The smallest absolute Gasteiger partial charge is 0.164 e. The highest BCUT2D eigenvalue weighted by Crippen LogP contribution is 2.15. The van der Waals surface area contributed by atoms with Crippen LogP contribution in [0.5, 0.6) is 0 Å². The molecule has 0 fully saturated rings. The fourth-order valence-electron chi connectivity index (χ4n) is 5.88. The van der Waals surface area contributed by atoms with Crippen molar-refractivity contribution in [3.05, 3.63) is 36.0 Å². The van der Waals surface area contributed by atoms with Gasteiger partial charge >= 0.3 is 0 Å². The summed E-state index contributed by atoms with van der Waals surface area (Å²) in [6.07, 6.45) is 45.0. The van der Waals surface area contributed by atoms with Crippen molar-refractivity contribution < 1.29 is 14.1 Å². The van der Waals surface area contributed by atoms with Crippen molar-refractivity contribution in [3.8, 4) is 0 Å². The number of likely N-dealkylation sites (N-methyl/N-ethyl adjacent to an activating group) is 1. The van der Waals surface area contributed by atoms with E-state index in [9.17, 15) is 9.59 Å². The molecule has 0 rings (SSSR count). The van der Waals surface area contributed by atoms with E-state index in [0.29, 0.717) is 23.9 Å². The molecule has 0 aliphatic rings. The van der Waals surface area contributed by atoms with Gasteiger partial charge in [0.2, 0.25) is 0 Å². The van der Waals surface area contributed by atoms with Crippen molar-refractivity contribution in [2.24, 2.45) is 0 Å². The summed E-state index contributed by atoms with van der Waals surface area (Å²) in [7, 11) is 6.28. The SMILES string of the molecule is CCCCCCCC/C=C\CCCCCCCC(=O)C=C(C[N+](C)(C)C)C(=O)CCCCCCC/C=C\CCCCCCCC. The summed E-state index contributed by atoms with van der Waals surface area (Å²) in [5.41, 5.74) is 0.732. The molecular formula is C42H78NO2+. The molecule has 0 N–H and O–H groups in total. The quantitative estimate of drug-likeness (QED) is 0.0307. The second kappa shape index (κ2) is 32.5. The molecule has 3 nitrogen and oxygen atoms in total. The second-order valence-electron chi connectivity index (χ2n) is 14.7. The molecule has 0 aromatic heterocycles. The Balaban J connectivity index is 4.04. The number of Topliss-reactive ketones (excluding diaryl/α,β-unsaturated/α-hetero) is 1. The fraction of sp³-hybridized carbons (Fsp3) is 0.810. The van der Waals surface area contributed by atoms with E-state index in [-0.39, 0.29) is 11.6 Å². The third-order valence-electron chi connectivity index (χ3n) is 8.69. The van der Waals surface area contributed by atoms with Crippen molar-refractivity contribution in [1.82, 2.24) is 0 Å². The summed E-state index contributed by atoms with van der Waals surface area (Å²) in [4.78, 5) is 25.8. The van der Waals surface area contributed by atoms with Crippen LogP contribution in [0.25, 0.3) is 0 Å². The summed E-state index contributed by atoms with van der Waals surface area (Å²) >= 11 is 0. The van der Waals surface area contributed by atoms with Crippen molar-refractivity contribution in [3.63, 3.8) is 0 Å². The van der Waals surface area contributed by atoms with Gasteiger partial charge in [-0.3, -0.25) is 9.59 Å². The van der Waals surface area contributed by atoms with Crippen LogP contribution in [0.3, 0.4) is 0 Å². The third kappa shape index (κ3) is 33.7. The van der Waals surface area contributed by atoms with Crippen LogP contribution in [0.4, 0.5) is 0 Å². The van der Waals surface area contributed by atoms with Crippen LogP contribution in [-0.2, 0) is 9.59 Å². The second-order valence-corrected chi connectivity index (χ2v) is 14.7. The van der Waals surface area contributed by atoms with Gasteiger partial charge in [-0.15, -0.1) is 0 Å². The van der Waals surface area contributed by atoms with Crippen LogP contribution < -0.4 is 0 Å². The van der Waals surface area contributed by atoms with Crippen LogP contribution in [0.15, 0.2) is 36.0 Å². The third-order valence-corrected chi connectivity index (χ3v) is 8.69. The van der Waals surface area contributed by atoms with Gasteiger partial charge < -0.3 is 4.48 Å². The lowest BCUT2D eigenvalue weighted by Crippen LogP contribution is -2.38. The maximum atomic E-state index is 13.1. The van der Waals surface area contributed by atoms with E-state index < -0.39 is 0 Å². The summed E-state index contributed by atoms with van der Waals surface area (Å²) in [5.74, 6) is 0.313. The zero-order chi connectivity index (χ0) is 33.3. The van der Waals surface area contributed by atoms with Gasteiger partial charge in [0.25, 0.3) is 0 Å². The Morgan fingerprint density at radius 2 is 0.778 bits per heavy atom. The van der Waals surface area contributed by atoms with Crippen LogP contribution >= 0.6 is 0 Å². The van der Waals surface area contributed by atoms with Crippen molar-refractivity contribution in [1.29, 1.82) is 0 Å². The van der Waals surface area contributed by atoms with Gasteiger partial charge in [0.05, 0.1) is 26.7 Å². The van der Waals surface area contributed by atoms with Crippen LogP contribution in [-0.4, -0.2) is 43.7 Å². The first-order chi connectivity index (χ1) is 21.8. The summed E-state index contributed by atoms with van der Waals surface area (Å²) in [6.45, 7) is 5.17. The minimum absolute atomic E-state index is 0.133. The van der Waals surface area contributed by atoms with E-state index in [1.165, 1.54) is 141 Å². The molecule has 45 heavy (non-hydrogen) atoms. The molecule has 3 heteroatoms. The zero-order valence-electron chi connectivity index (χ0n) is 31.2. The number of rotatable bonds is 34. The topological polar surface area (TPSA) is 34.1 Å². The molecule has 0 saturated carbocycles. The molecule has 0 radical (unpaired) electrons. The predicted octanol–water partition coefficient (Wildman–Crippen LogP) is 12.8. The van der Waals surface area contributed by atoms with Crippen molar-refractivity contribution in [2.75, 3.05) is 27.7 Å². The van der Waals surface area contributed by atoms with Crippen LogP contribution in [0, 0.1) is 0 Å². The number of unbranched alkanes of at least 4 members (excludes halogenated alkanes) is 22. The Morgan fingerprint density at radius 3 is 1.16 bits per heavy atom. The minimum atomic E-state index is 0.133. The van der Waals surface area contributed by atoms with Gasteiger partial charge in [0.1, 0.15) is 6.54 Å². The monoisotopic (exact) mass is 629 g/mol. The Bertz CT molecular complexity index is 770. The van der Waals surface area contributed by atoms with Gasteiger partial charge in [-0.1, -0.05) is 141 Å². The lowest BCUT2D eigenvalue weighted by molar-refractivity contribution is -0.865. The van der Waals surface area contributed by atoms with Gasteiger partial charge in [-0.2, -0.15) is 0 Å². The number of hydrogen-bond acceptors (Lipinski definition) is 2. The van der Waals surface area contributed by atoms with E-state index in [1.807, 2.05) is 0 Å². The molecule has 0 atom stereocenters. The van der Waals surface area contributed by atoms with Crippen LogP contribution in [0.1, 0.15) is 194 Å². The molecule has 0 saturated heterocycles. The molecule has 0 aliphatic carbocycles. The maximum Gasteiger partial charge on any atom is 0.164 e. The highest BCUT2D eigenvalue weighted by atomic mass is 16.1. The average molecular weight is 629 g/mol.